The second-order valence-corrected chi connectivity index (χ2v) is 5.28. The van der Waals surface area contributed by atoms with E-state index in [1.165, 1.54) is 30.3 Å². The number of benzene rings is 2. The number of amides is 1. The van der Waals surface area contributed by atoms with Crippen molar-refractivity contribution in [3.63, 3.8) is 0 Å². The van der Waals surface area contributed by atoms with E-state index in [-0.39, 0.29) is 16.7 Å². The quantitative estimate of drug-likeness (QED) is 0.748. The van der Waals surface area contributed by atoms with Gasteiger partial charge >= 0.3 is 0 Å². The smallest absolute Gasteiger partial charge is 0.272 e. The second kappa shape index (κ2) is 5.42. The average molecular weight is 321 g/mol. The molecule has 22 heavy (non-hydrogen) atoms. The monoisotopic (exact) mass is 320 g/mol. The number of hydrogen-bond acceptors (Lipinski definition) is 1. The molecule has 0 saturated carbocycles. The van der Waals surface area contributed by atoms with E-state index in [4.69, 9.17) is 11.6 Å². The van der Waals surface area contributed by atoms with Gasteiger partial charge in [0.2, 0.25) is 0 Å². The summed E-state index contributed by atoms with van der Waals surface area (Å²) in [6, 6.07) is 9.89. The fourth-order valence-electron chi connectivity index (χ4n) is 2.29. The minimum Gasteiger partial charge on any atom is -0.340 e. The fourth-order valence-corrected chi connectivity index (χ4v) is 2.47. The maximum Gasteiger partial charge on any atom is 0.272 e. The van der Waals surface area contributed by atoms with Crippen molar-refractivity contribution in [1.29, 1.82) is 0 Å². The number of halogens is 3. The summed E-state index contributed by atoms with van der Waals surface area (Å²) in [5, 5.41) is 3.32. The predicted octanol–water partition coefficient (Wildman–Crippen LogP) is 4.36. The molecule has 0 aliphatic carbocycles. The van der Waals surface area contributed by atoms with E-state index in [9.17, 15) is 13.6 Å². The first kappa shape index (κ1) is 14.5. The third-order valence-electron chi connectivity index (χ3n) is 3.42. The summed E-state index contributed by atoms with van der Waals surface area (Å²) in [4.78, 5) is 12.3. The van der Waals surface area contributed by atoms with Crippen LogP contribution in [0.4, 0.5) is 14.5 Å². The normalized spacial score (nSPS) is 10.9. The summed E-state index contributed by atoms with van der Waals surface area (Å²) in [6.07, 6.45) is 0. The standard InChI is InChI=1S/C16H11ClF2N2O/c1-21-14-7-10(18)3-2-9(14)6-15(21)16(22)20-11-4-5-13(19)12(17)8-11/h2-8H,1H3,(H,20,22). The van der Waals surface area contributed by atoms with Gasteiger partial charge in [-0.2, -0.15) is 0 Å². The van der Waals surface area contributed by atoms with E-state index in [1.54, 1.807) is 23.7 Å². The number of aromatic nitrogens is 1. The summed E-state index contributed by atoms with van der Waals surface area (Å²) >= 11 is 5.68. The Balaban J connectivity index is 1.95. The summed E-state index contributed by atoms with van der Waals surface area (Å²) in [7, 11) is 1.67. The molecule has 3 nitrogen and oxygen atoms in total. The molecular weight excluding hydrogens is 310 g/mol. The molecule has 0 atom stereocenters. The summed E-state index contributed by atoms with van der Waals surface area (Å²) in [5.74, 6) is -1.31. The van der Waals surface area contributed by atoms with Gasteiger partial charge in [-0.15, -0.1) is 0 Å². The number of nitrogens with zero attached hydrogens (tertiary/aromatic N) is 1. The Morgan fingerprint density at radius 1 is 1.14 bits per heavy atom. The van der Waals surface area contributed by atoms with E-state index >= 15 is 0 Å². The topological polar surface area (TPSA) is 34.0 Å². The van der Waals surface area contributed by atoms with Gasteiger partial charge in [-0.25, -0.2) is 8.78 Å². The highest BCUT2D eigenvalue weighted by atomic mass is 35.5. The Morgan fingerprint density at radius 3 is 2.64 bits per heavy atom. The maximum atomic E-state index is 13.3. The van der Waals surface area contributed by atoms with Gasteiger partial charge in [-0.1, -0.05) is 11.6 Å². The molecule has 3 aromatic rings. The van der Waals surface area contributed by atoms with Crippen LogP contribution in [0.3, 0.4) is 0 Å². The van der Waals surface area contributed by atoms with Crippen LogP contribution in [0.2, 0.25) is 5.02 Å². The van der Waals surface area contributed by atoms with Gasteiger partial charge in [0.1, 0.15) is 17.3 Å². The largest absolute Gasteiger partial charge is 0.340 e. The predicted molar refractivity (Wildman–Crippen MR) is 82.2 cm³/mol. The fraction of sp³-hybridized carbons (Fsp3) is 0.0625. The molecule has 0 unspecified atom stereocenters. The number of rotatable bonds is 2. The highest BCUT2D eigenvalue weighted by Crippen LogP contribution is 2.23. The molecule has 0 aliphatic rings. The molecule has 112 valence electrons. The third kappa shape index (κ3) is 2.55. The Kier molecular flexibility index (Phi) is 3.58. The first-order chi connectivity index (χ1) is 10.5. The maximum absolute atomic E-state index is 13.3. The molecular formula is C16H11ClF2N2O. The Labute approximate surface area is 130 Å². The average Bonchev–Trinajstić information content (AvgIpc) is 2.80. The molecule has 2 aromatic carbocycles. The van der Waals surface area contributed by atoms with Gasteiger partial charge in [-0.05, 0) is 42.5 Å². The van der Waals surface area contributed by atoms with Crippen molar-refractivity contribution in [2.45, 2.75) is 0 Å². The van der Waals surface area contributed by atoms with Crippen molar-refractivity contribution >= 4 is 34.1 Å². The van der Waals surface area contributed by atoms with Crippen LogP contribution in [-0.2, 0) is 7.05 Å². The molecule has 1 aromatic heterocycles. The first-order valence-electron chi connectivity index (χ1n) is 6.47. The Hall–Kier alpha value is -2.40. The van der Waals surface area contributed by atoms with Crippen LogP contribution in [0, 0.1) is 11.6 Å². The number of carbonyl (C=O) groups excluding carboxylic acids is 1. The van der Waals surface area contributed by atoms with Gasteiger partial charge in [0.05, 0.1) is 10.5 Å². The molecule has 3 rings (SSSR count). The minimum absolute atomic E-state index is 0.0723. The molecule has 0 spiro atoms. The lowest BCUT2D eigenvalue weighted by Gasteiger charge is -2.07. The van der Waals surface area contributed by atoms with Crippen molar-refractivity contribution in [3.8, 4) is 0 Å². The minimum atomic E-state index is -0.556. The highest BCUT2D eigenvalue weighted by Gasteiger charge is 2.14. The number of hydrogen-bond donors (Lipinski definition) is 1. The molecule has 0 aliphatic heterocycles. The van der Waals surface area contributed by atoms with Crippen molar-refractivity contribution in [1.82, 2.24) is 4.57 Å². The summed E-state index contributed by atoms with van der Waals surface area (Å²) < 4.78 is 28.0. The molecule has 1 heterocycles. The van der Waals surface area contributed by atoms with E-state index in [0.29, 0.717) is 16.9 Å². The summed E-state index contributed by atoms with van der Waals surface area (Å²) in [6.45, 7) is 0. The van der Waals surface area contributed by atoms with Crippen LogP contribution in [0.5, 0.6) is 0 Å². The van der Waals surface area contributed by atoms with Crippen molar-refractivity contribution in [3.05, 3.63) is 64.8 Å². The van der Waals surface area contributed by atoms with Gasteiger partial charge in [0.25, 0.3) is 5.91 Å². The number of aryl methyl sites for hydroxylation is 1. The number of carbonyl (C=O) groups is 1. The molecule has 6 heteroatoms. The molecule has 0 radical (unpaired) electrons. The molecule has 1 N–H and O–H groups in total. The zero-order valence-electron chi connectivity index (χ0n) is 11.5. The van der Waals surface area contributed by atoms with E-state index in [0.717, 1.165) is 5.39 Å². The van der Waals surface area contributed by atoms with Crippen molar-refractivity contribution in [2.75, 3.05) is 5.32 Å². The molecule has 1 amide bonds. The van der Waals surface area contributed by atoms with Crippen molar-refractivity contribution < 1.29 is 13.6 Å². The third-order valence-corrected chi connectivity index (χ3v) is 3.71. The molecule has 0 fully saturated rings. The summed E-state index contributed by atoms with van der Waals surface area (Å²) in [5.41, 5.74) is 1.36. The van der Waals surface area contributed by atoms with Crippen LogP contribution in [0.25, 0.3) is 10.9 Å². The van der Waals surface area contributed by atoms with Gasteiger partial charge in [-0.3, -0.25) is 4.79 Å². The van der Waals surface area contributed by atoms with Crippen LogP contribution in [-0.4, -0.2) is 10.5 Å². The van der Waals surface area contributed by atoms with Gasteiger partial charge in [0, 0.05) is 18.1 Å². The zero-order valence-corrected chi connectivity index (χ0v) is 12.3. The SMILES string of the molecule is Cn1c(C(=O)Nc2ccc(F)c(Cl)c2)cc2ccc(F)cc21. The van der Waals surface area contributed by atoms with E-state index in [2.05, 4.69) is 5.32 Å². The Morgan fingerprint density at radius 2 is 1.91 bits per heavy atom. The van der Waals surface area contributed by atoms with Crippen LogP contribution >= 0.6 is 11.6 Å². The van der Waals surface area contributed by atoms with Gasteiger partial charge < -0.3 is 9.88 Å². The molecule has 0 saturated heterocycles. The second-order valence-electron chi connectivity index (χ2n) is 4.87. The number of fused-ring (bicyclic) bond motifs is 1. The lowest BCUT2D eigenvalue weighted by Crippen LogP contribution is -2.15. The lowest BCUT2D eigenvalue weighted by molar-refractivity contribution is 0.101. The lowest BCUT2D eigenvalue weighted by atomic mass is 10.2. The van der Waals surface area contributed by atoms with Crippen molar-refractivity contribution in [2.24, 2.45) is 7.05 Å². The van der Waals surface area contributed by atoms with Gasteiger partial charge in [0.15, 0.2) is 0 Å². The van der Waals surface area contributed by atoms with Crippen LogP contribution in [0.15, 0.2) is 42.5 Å². The zero-order chi connectivity index (χ0) is 15.9. The van der Waals surface area contributed by atoms with E-state index < -0.39 is 5.82 Å². The van der Waals surface area contributed by atoms with E-state index in [1.807, 2.05) is 0 Å². The number of nitrogens with one attached hydrogen (secondary N) is 1. The molecule has 0 bridgehead atoms. The van der Waals surface area contributed by atoms with Crippen LogP contribution < -0.4 is 5.32 Å². The Bertz CT molecular complexity index is 889. The highest BCUT2D eigenvalue weighted by molar-refractivity contribution is 6.31. The first-order valence-corrected chi connectivity index (χ1v) is 6.85. The van der Waals surface area contributed by atoms with Crippen LogP contribution in [0.1, 0.15) is 10.5 Å². The number of anilines is 1.